The fourth-order valence-corrected chi connectivity index (χ4v) is 5.01. The van der Waals surface area contributed by atoms with Crippen LogP contribution in [0.1, 0.15) is 57.5 Å². The molecule has 0 aromatic carbocycles. The highest BCUT2D eigenvalue weighted by atomic mass is 19.1. The minimum Gasteiger partial charge on any atom is -0.441 e. The standard InChI is InChI=1S/C23H28FN7O3/c1-22(2,3)16-7-14-20(25-4-5-31(14)30-16)26-17-6-13(28-29-17)19-18(24)15(11-33-19)34-21(32)27-23-8-12(9-23)10-23/h4-7,12,15,18-19H,8-11H2,1-3H3,(H,27,32)(H2,25,26,28,29)/t12?,15-,18-,19-,23?/m1/s1. The number of carbonyl (C=O) groups excluding carboxylic acids is 1. The lowest BCUT2D eigenvalue weighted by Crippen LogP contribution is -2.68. The fourth-order valence-electron chi connectivity index (χ4n) is 5.01. The maximum atomic E-state index is 15.1. The Labute approximate surface area is 195 Å². The van der Waals surface area contributed by atoms with Crippen LogP contribution < -0.4 is 10.6 Å². The maximum absolute atomic E-state index is 15.1. The van der Waals surface area contributed by atoms with E-state index in [9.17, 15) is 4.79 Å². The van der Waals surface area contributed by atoms with E-state index in [1.54, 1.807) is 23.0 Å². The van der Waals surface area contributed by atoms with Gasteiger partial charge in [0.25, 0.3) is 0 Å². The van der Waals surface area contributed by atoms with Crippen molar-refractivity contribution in [2.24, 2.45) is 5.92 Å². The summed E-state index contributed by atoms with van der Waals surface area (Å²) in [6.07, 6.45) is 2.48. The number of alkyl carbamates (subject to hydrolysis) is 1. The van der Waals surface area contributed by atoms with Crippen LogP contribution in [-0.4, -0.2) is 55.3 Å². The molecule has 3 atom stereocenters. The third-order valence-electron chi connectivity index (χ3n) is 7.06. The quantitative estimate of drug-likeness (QED) is 0.523. The van der Waals surface area contributed by atoms with Crippen LogP contribution in [0.25, 0.3) is 5.52 Å². The lowest BCUT2D eigenvalue weighted by molar-refractivity contribution is -0.0528. The molecule has 1 saturated heterocycles. The van der Waals surface area contributed by atoms with Crippen LogP contribution in [-0.2, 0) is 14.9 Å². The Balaban J connectivity index is 1.12. The zero-order chi connectivity index (χ0) is 23.7. The number of halogens is 1. The Hall–Kier alpha value is -3.21. The SMILES string of the molecule is CC(C)(C)c1cc2c(Nc3cc([C@H]4OC[C@@H](OC(=O)NC56CC(C5)C6)[C@H]4F)[nH]n3)nccn2n1. The van der Waals surface area contributed by atoms with Gasteiger partial charge in [-0.3, -0.25) is 5.10 Å². The first kappa shape index (κ1) is 21.3. The predicted molar refractivity (Wildman–Crippen MR) is 121 cm³/mol. The number of alkyl halides is 1. The van der Waals surface area contributed by atoms with E-state index in [0.717, 1.165) is 36.4 Å². The van der Waals surface area contributed by atoms with Gasteiger partial charge in [0, 0.05) is 29.4 Å². The molecule has 0 radical (unpaired) electrons. The van der Waals surface area contributed by atoms with Crippen molar-refractivity contribution >= 4 is 23.2 Å². The summed E-state index contributed by atoms with van der Waals surface area (Å²) in [4.78, 5) is 16.6. The summed E-state index contributed by atoms with van der Waals surface area (Å²) in [5, 5.41) is 17.7. The Bertz CT molecular complexity index is 1230. The van der Waals surface area contributed by atoms with Gasteiger partial charge in [0.05, 0.1) is 18.0 Å². The highest BCUT2D eigenvalue weighted by molar-refractivity contribution is 5.72. The molecule has 3 N–H and O–H groups in total. The van der Waals surface area contributed by atoms with Gasteiger partial charge >= 0.3 is 6.09 Å². The van der Waals surface area contributed by atoms with E-state index in [4.69, 9.17) is 9.47 Å². The number of amides is 1. The predicted octanol–water partition coefficient (Wildman–Crippen LogP) is 3.55. The smallest absolute Gasteiger partial charge is 0.408 e. The molecule has 3 aromatic rings. The molecule has 0 unspecified atom stereocenters. The Morgan fingerprint density at radius 3 is 2.82 bits per heavy atom. The van der Waals surface area contributed by atoms with Gasteiger partial charge in [0.1, 0.15) is 11.6 Å². The number of aromatic nitrogens is 5. The minimum absolute atomic E-state index is 0.0110. The third-order valence-corrected chi connectivity index (χ3v) is 7.06. The molecule has 7 rings (SSSR count). The summed E-state index contributed by atoms with van der Waals surface area (Å²) in [6.45, 7) is 6.28. The molecule has 3 aliphatic carbocycles. The summed E-state index contributed by atoms with van der Waals surface area (Å²) < 4.78 is 27.8. The highest BCUT2D eigenvalue weighted by Gasteiger charge is 2.58. The van der Waals surface area contributed by atoms with Gasteiger partial charge in [-0.15, -0.1) is 0 Å². The normalized spacial score (nSPS) is 30.0. The highest BCUT2D eigenvalue weighted by Crippen LogP contribution is 2.57. The summed E-state index contributed by atoms with van der Waals surface area (Å²) in [7, 11) is 0. The first-order chi connectivity index (χ1) is 16.2. The number of hydrogen-bond donors (Lipinski definition) is 3. The molecular weight excluding hydrogens is 441 g/mol. The van der Waals surface area contributed by atoms with Crippen LogP contribution in [0.5, 0.6) is 0 Å². The van der Waals surface area contributed by atoms with Crippen LogP contribution in [0.2, 0.25) is 0 Å². The van der Waals surface area contributed by atoms with Crippen LogP contribution in [0.4, 0.5) is 20.8 Å². The van der Waals surface area contributed by atoms with Crippen molar-refractivity contribution in [3.8, 4) is 0 Å². The average molecular weight is 470 g/mol. The summed E-state index contributed by atoms with van der Waals surface area (Å²) >= 11 is 0. The number of nitrogens with zero attached hydrogens (tertiary/aromatic N) is 4. The van der Waals surface area contributed by atoms with Crippen LogP contribution in [0.3, 0.4) is 0 Å². The molecule has 34 heavy (non-hydrogen) atoms. The van der Waals surface area contributed by atoms with Gasteiger partial charge in [0.15, 0.2) is 23.9 Å². The van der Waals surface area contributed by atoms with E-state index in [1.807, 2.05) is 6.07 Å². The lowest BCUT2D eigenvalue weighted by atomic mass is 9.50. The van der Waals surface area contributed by atoms with Crippen LogP contribution >= 0.6 is 0 Å². The van der Waals surface area contributed by atoms with Crippen molar-refractivity contribution in [3.63, 3.8) is 0 Å². The first-order valence-electron chi connectivity index (χ1n) is 11.6. The van der Waals surface area contributed by atoms with Crippen LogP contribution in [0, 0.1) is 5.92 Å². The van der Waals surface area contributed by atoms with E-state index in [0.29, 0.717) is 17.3 Å². The molecule has 4 fully saturated rings. The lowest BCUT2D eigenvalue weighted by Gasteiger charge is -2.61. The number of carbonyl (C=O) groups is 1. The number of H-pyrrole nitrogens is 1. The van der Waals surface area contributed by atoms with Crippen molar-refractivity contribution in [2.75, 3.05) is 11.9 Å². The van der Waals surface area contributed by atoms with E-state index in [1.165, 1.54) is 0 Å². The fraction of sp³-hybridized carbons (Fsp3) is 0.565. The molecule has 2 bridgehead atoms. The number of fused-ring (bicyclic) bond motifs is 1. The molecule has 4 heterocycles. The zero-order valence-corrected chi connectivity index (χ0v) is 19.3. The van der Waals surface area contributed by atoms with Gasteiger partial charge in [-0.2, -0.15) is 10.2 Å². The molecule has 1 aliphatic heterocycles. The van der Waals surface area contributed by atoms with E-state index in [-0.39, 0.29) is 17.6 Å². The van der Waals surface area contributed by atoms with Crippen molar-refractivity contribution in [1.82, 2.24) is 30.1 Å². The van der Waals surface area contributed by atoms with Crippen molar-refractivity contribution in [1.29, 1.82) is 0 Å². The number of aromatic amines is 1. The Morgan fingerprint density at radius 2 is 2.12 bits per heavy atom. The minimum atomic E-state index is -1.50. The second-order valence-electron chi connectivity index (χ2n) is 10.7. The summed E-state index contributed by atoms with van der Waals surface area (Å²) in [6, 6.07) is 3.66. The van der Waals surface area contributed by atoms with E-state index >= 15 is 4.39 Å². The topological polar surface area (TPSA) is 118 Å². The van der Waals surface area contributed by atoms with E-state index < -0.39 is 24.5 Å². The summed E-state index contributed by atoms with van der Waals surface area (Å²) in [5.41, 5.74) is 1.98. The number of nitrogens with one attached hydrogen (secondary N) is 3. The molecule has 10 nitrogen and oxygen atoms in total. The van der Waals surface area contributed by atoms with Crippen molar-refractivity contribution in [2.45, 2.75) is 69.4 Å². The van der Waals surface area contributed by atoms with Gasteiger partial charge in [-0.25, -0.2) is 18.7 Å². The Kier molecular flexibility index (Phi) is 4.64. The van der Waals surface area contributed by atoms with E-state index in [2.05, 4.69) is 51.7 Å². The van der Waals surface area contributed by atoms with Gasteiger partial charge in [0.2, 0.25) is 0 Å². The molecule has 11 heteroatoms. The molecule has 0 spiro atoms. The van der Waals surface area contributed by atoms with Gasteiger partial charge in [-0.05, 0) is 31.2 Å². The zero-order valence-electron chi connectivity index (χ0n) is 19.3. The molecular formula is C23H28FN7O3. The summed E-state index contributed by atoms with van der Waals surface area (Å²) in [5.74, 6) is 1.78. The second-order valence-corrected chi connectivity index (χ2v) is 10.7. The number of hydrogen-bond acceptors (Lipinski definition) is 7. The average Bonchev–Trinajstić information content (AvgIpc) is 3.43. The number of anilines is 2. The molecule has 1 amide bonds. The van der Waals surface area contributed by atoms with Gasteiger partial charge < -0.3 is 20.1 Å². The monoisotopic (exact) mass is 469 g/mol. The van der Waals surface area contributed by atoms with Crippen molar-refractivity contribution < 1.29 is 18.7 Å². The number of rotatable bonds is 5. The maximum Gasteiger partial charge on any atom is 0.408 e. The van der Waals surface area contributed by atoms with Gasteiger partial charge in [-0.1, -0.05) is 20.8 Å². The number of ether oxygens (including phenoxy) is 2. The largest absolute Gasteiger partial charge is 0.441 e. The molecule has 3 aromatic heterocycles. The molecule has 180 valence electrons. The first-order valence-corrected chi connectivity index (χ1v) is 11.6. The Morgan fingerprint density at radius 1 is 1.32 bits per heavy atom. The molecule has 3 saturated carbocycles. The third kappa shape index (κ3) is 3.58. The molecule has 4 aliphatic rings. The second kappa shape index (κ2) is 7.39. The van der Waals surface area contributed by atoms with Crippen molar-refractivity contribution in [3.05, 3.63) is 35.9 Å². The van der Waals surface area contributed by atoms with Crippen LogP contribution in [0.15, 0.2) is 24.5 Å².